The lowest BCUT2D eigenvalue weighted by atomic mass is 10.1. The van der Waals surface area contributed by atoms with Gasteiger partial charge in [0.05, 0.1) is 12.7 Å². The molecule has 19 heavy (non-hydrogen) atoms. The van der Waals surface area contributed by atoms with Crippen LogP contribution in [0.1, 0.15) is 19.4 Å². The Morgan fingerprint density at radius 2 is 2.00 bits per heavy atom. The Labute approximate surface area is 113 Å². The van der Waals surface area contributed by atoms with Crippen LogP contribution in [0.25, 0.3) is 0 Å². The van der Waals surface area contributed by atoms with Gasteiger partial charge in [-0.2, -0.15) is 0 Å². The second-order valence-corrected chi connectivity index (χ2v) is 4.47. The van der Waals surface area contributed by atoms with E-state index in [-0.39, 0.29) is 18.2 Å². The van der Waals surface area contributed by atoms with E-state index in [2.05, 4.69) is 0 Å². The fourth-order valence-electron chi connectivity index (χ4n) is 1.87. The number of esters is 1. The molecule has 3 unspecified atom stereocenters. The van der Waals surface area contributed by atoms with Gasteiger partial charge in [0.15, 0.2) is 6.29 Å². The minimum absolute atomic E-state index is 0.213. The van der Waals surface area contributed by atoms with Crippen molar-refractivity contribution in [1.82, 2.24) is 0 Å². The normalized spacial score (nSPS) is 26.1. The summed E-state index contributed by atoms with van der Waals surface area (Å²) in [5.41, 5.74) is 1.09. The Morgan fingerprint density at radius 3 is 2.63 bits per heavy atom. The molecule has 0 bridgehead atoms. The minimum Gasteiger partial charge on any atom is -0.456 e. The van der Waals surface area contributed by atoms with Crippen molar-refractivity contribution in [3.8, 4) is 0 Å². The van der Waals surface area contributed by atoms with Crippen molar-refractivity contribution in [2.75, 3.05) is 0 Å². The van der Waals surface area contributed by atoms with E-state index >= 15 is 0 Å². The molecule has 0 aliphatic carbocycles. The summed E-state index contributed by atoms with van der Waals surface area (Å²) < 4.78 is 16.4. The van der Waals surface area contributed by atoms with Crippen LogP contribution in [0.5, 0.6) is 0 Å². The molecule has 102 valence electrons. The maximum absolute atomic E-state index is 10.9. The van der Waals surface area contributed by atoms with Crippen LogP contribution < -0.4 is 0 Å². The molecule has 0 fully saturated rings. The highest BCUT2D eigenvalue weighted by Gasteiger charge is 2.26. The third-order valence-electron chi connectivity index (χ3n) is 2.83. The number of carbonyl (C=O) groups is 1. The van der Waals surface area contributed by atoms with Gasteiger partial charge in [-0.3, -0.25) is 4.79 Å². The summed E-state index contributed by atoms with van der Waals surface area (Å²) >= 11 is 0. The molecule has 0 amide bonds. The number of carbonyl (C=O) groups excluding carboxylic acids is 1. The molecule has 0 radical (unpaired) electrons. The van der Waals surface area contributed by atoms with E-state index in [1.165, 1.54) is 6.92 Å². The van der Waals surface area contributed by atoms with Gasteiger partial charge in [-0.1, -0.05) is 30.3 Å². The predicted octanol–water partition coefficient (Wildman–Crippen LogP) is 2.44. The summed E-state index contributed by atoms with van der Waals surface area (Å²) in [6.07, 6.45) is 2.63. The zero-order valence-corrected chi connectivity index (χ0v) is 11.1. The number of hydrogen-bond acceptors (Lipinski definition) is 4. The van der Waals surface area contributed by atoms with Crippen LogP contribution in [0, 0.1) is 0 Å². The highest BCUT2D eigenvalue weighted by molar-refractivity contribution is 5.66. The second-order valence-electron chi connectivity index (χ2n) is 4.47. The lowest BCUT2D eigenvalue weighted by Gasteiger charge is -2.29. The topological polar surface area (TPSA) is 44.8 Å². The smallest absolute Gasteiger partial charge is 0.303 e. The molecule has 0 N–H and O–H groups in total. The van der Waals surface area contributed by atoms with E-state index in [9.17, 15) is 4.79 Å². The Bertz CT molecular complexity index is 441. The van der Waals surface area contributed by atoms with Crippen molar-refractivity contribution >= 4 is 5.97 Å². The van der Waals surface area contributed by atoms with Crippen molar-refractivity contribution in [3.63, 3.8) is 0 Å². The van der Waals surface area contributed by atoms with Crippen LogP contribution in [0.15, 0.2) is 42.5 Å². The average molecular weight is 262 g/mol. The summed E-state index contributed by atoms with van der Waals surface area (Å²) in [5.74, 6) is -0.311. The van der Waals surface area contributed by atoms with Gasteiger partial charge in [-0.25, -0.2) is 0 Å². The van der Waals surface area contributed by atoms with Gasteiger partial charge in [0, 0.05) is 6.92 Å². The Hall–Kier alpha value is -1.65. The molecule has 0 saturated carbocycles. The maximum atomic E-state index is 10.9. The van der Waals surface area contributed by atoms with Gasteiger partial charge >= 0.3 is 5.97 Å². The summed E-state index contributed by atoms with van der Waals surface area (Å²) in [7, 11) is 0. The number of benzene rings is 1. The molecule has 1 heterocycles. The first-order chi connectivity index (χ1) is 9.15. The Balaban J connectivity index is 1.85. The summed E-state index contributed by atoms with van der Waals surface area (Å²) in [6.45, 7) is 3.73. The zero-order valence-electron chi connectivity index (χ0n) is 11.1. The van der Waals surface area contributed by atoms with E-state index in [0.29, 0.717) is 6.61 Å². The van der Waals surface area contributed by atoms with Crippen molar-refractivity contribution in [2.45, 2.75) is 39.0 Å². The van der Waals surface area contributed by atoms with E-state index in [1.807, 2.05) is 43.3 Å². The van der Waals surface area contributed by atoms with E-state index in [1.54, 1.807) is 6.08 Å². The fraction of sp³-hybridized carbons (Fsp3) is 0.400. The SMILES string of the molecule is CC(=O)OC1C=CC(OCc2ccccc2)OC1C. The molecular weight excluding hydrogens is 244 g/mol. The molecule has 0 spiro atoms. The number of rotatable bonds is 4. The molecule has 2 rings (SSSR count). The lowest BCUT2D eigenvalue weighted by Crippen LogP contribution is -2.36. The van der Waals surface area contributed by atoms with Gasteiger partial charge in [0.25, 0.3) is 0 Å². The first kappa shape index (κ1) is 13.8. The molecule has 1 aromatic rings. The monoisotopic (exact) mass is 262 g/mol. The molecule has 1 aromatic carbocycles. The van der Waals surface area contributed by atoms with E-state index < -0.39 is 6.29 Å². The van der Waals surface area contributed by atoms with Crippen LogP contribution in [-0.2, 0) is 25.6 Å². The Kier molecular flexibility index (Phi) is 4.71. The minimum atomic E-state index is -0.401. The Morgan fingerprint density at radius 1 is 1.26 bits per heavy atom. The number of hydrogen-bond donors (Lipinski definition) is 0. The van der Waals surface area contributed by atoms with Gasteiger partial charge in [0.2, 0.25) is 0 Å². The van der Waals surface area contributed by atoms with Crippen molar-refractivity contribution in [1.29, 1.82) is 0 Å². The zero-order chi connectivity index (χ0) is 13.7. The lowest BCUT2D eigenvalue weighted by molar-refractivity contribution is -0.184. The van der Waals surface area contributed by atoms with Crippen molar-refractivity contribution in [3.05, 3.63) is 48.0 Å². The average Bonchev–Trinajstić information content (AvgIpc) is 2.40. The molecule has 4 heteroatoms. The van der Waals surface area contributed by atoms with Gasteiger partial charge in [-0.15, -0.1) is 0 Å². The third kappa shape index (κ3) is 4.19. The fourth-order valence-corrected chi connectivity index (χ4v) is 1.87. The summed E-state index contributed by atoms with van der Waals surface area (Å²) in [5, 5.41) is 0. The summed E-state index contributed by atoms with van der Waals surface area (Å²) in [4.78, 5) is 10.9. The molecule has 1 aliphatic heterocycles. The highest BCUT2D eigenvalue weighted by Crippen LogP contribution is 2.17. The number of ether oxygens (including phenoxy) is 3. The van der Waals surface area contributed by atoms with Gasteiger partial charge < -0.3 is 14.2 Å². The standard InChI is InChI=1S/C15H18O4/c1-11-14(19-12(2)16)8-9-15(18-11)17-10-13-6-4-3-5-7-13/h3-9,11,14-15H,10H2,1-2H3. The van der Waals surface area contributed by atoms with Gasteiger partial charge in [-0.05, 0) is 24.6 Å². The van der Waals surface area contributed by atoms with Crippen LogP contribution >= 0.6 is 0 Å². The molecule has 1 aliphatic rings. The molecular formula is C15H18O4. The molecule has 0 aromatic heterocycles. The maximum Gasteiger partial charge on any atom is 0.303 e. The third-order valence-corrected chi connectivity index (χ3v) is 2.83. The molecule has 0 saturated heterocycles. The quantitative estimate of drug-likeness (QED) is 0.617. The van der Waals surface area contributed by atoms with Crippen LogP contribution in [0.3, 0.4) is 0 Å². The summed E-state index contributed by atoms with van der Waals surface area (Å²) in [6, 6.07) is 9.90. The molecule has 3 atom stereocenters. The largest absolute Gasteiger partial charge is 0.456 e. The first-order valence-electron chi connectivity index (χ1n) is 6.31. The van der Waals surface area contributed by atoms with Crippen LogP contribution in [0.4, 0.5) is 0 Å². The van der Waals surface area contributed by atoms with Gasteiger partial charge in [0.1, 0.15) is 6.10 Å². The van der Waals surface area contributed by atoms with Crippen LogP contribution in [-0.4, -0.2) is 24.5 Å². The predicted molar refractivity (Wildman–Crippen MR) is 70.3 cm³/mol. The van der Waals surface area contributed by atoms with Crippen molar-refractivity contribution in [2.24, 2.45) is 0 Å². The first-order valence-corrected chi connectivity index (χ1v) is 6.31. The highest BCUT2D eigenvalue weighted by atomic mass is 16.7. The second kappa shape index (κ2) is 6.50. The van der Waals surface area contributed by atoms with Crippen molar-refractivity contribution < 1.29 is 19.0 Å². The van der Waals surface area contributed by atoms with E-state index in [4.69, 9.17) is 14.2 Å². The van der Waals surface area contributed by atoms with Crippen LogP contribution in [0.2, 0.25) is 0 Å². The van der Waals surface area contributed by atoms with E-state index in [0.717, 1.165) is 5.56 Å². The molecule has 4 nitrogen and oxygen atoms in total.